The molecule has 8 nitrogen and oxygen atoms in total. The number of anilines is 1. The molecule has 0 aliphatic carbocycles. The highest BCUT2D eigenvalue weighted by Gasteiger charge is 2.19. The van der Waals surface area contributed by atoms with E-state index in [1.54, 1.807) is 0 Å². The largest absolute Gasteiger partial charge is 0.467 e. The van der Waals surface area contributed by atoms with E-state index in [4.69, 9.17) is 9.47 Å². The Balaban J connectivity index is 1.55. The van der Waals surface area contributed by atoms with Crippen molar-refractivity contribution in [1.82, 2.24) is 5.32 Å². The molecule has 1 aliphatic heterocycles. The van der Waals surface area contributed by atoms with Gasteiger partial charge < -0.3 is 19.7 Å². The third kappa shape index (κ3) is 5.57. The van der Waals surface area contributed by atoms with Gasteiger partial charge in [0.05, 0.1) is 11.5 Å². The molecule has 8 heteroatoms. The maximum atomic E-state index is 12.2. The highest BCUT2D eigenvalue weighted by molar-refractivity contribution is 5.92. The normalized spacial score (nSPS) is 12.8. The van der Waals surface area contributed by atoms with Crippen molar-refractivity contribution in [3.63, 3.8) is 0 Å². The van der Waals surface area contributed by atoms with Gasteiger partial charge in [0.25, 0.3) is 5.69 Å². The number of hydrogen-bond donors (Lipinski definition) is 1. The molecule has 0 fully saturated rings. The van der Waals surface area contributed by atoms with Crippen molar-refractivity contribution in [2.24, 2.45) is 0 Å². The number of rotatable bonds is 9. The molecular formula is C22H25N3O5. The van der Waals surface area contributed by atoms with Crippen LogP contribution in [-0.4, -0.2) is 37.3 Å². The fourth-order valence-corrected chi connectivity index (χ4v) is 3.28. The summed E-state index contributed by atoms with van der Waals surface area (Å²) in [5, 5.41) is 14.0. The van der Waals surface area contributed by atoms with Crippen LogP contribution in [-0.2, 0) is 16.1 Å². The van der Waals surface area contributed by atoms with Crippen molar-refractivity contribution in [1.29, 1.82) is 0 Å². The van der Waals surface area contributed by atoms with Crippen molar-refractivity contribution in [3.05, 3.63) is 69.8 Å². The first-order chi connectivity index (χ1) is 14.6. The minimum absolute atomic E-state index is 0.0662. The number of carbonyl (C=O) groups excluding carboxylic acids is 1. The summed E-state index contributed by atoms with van der Waals surface area (Å²) in [6.45, 7) is 4.66. The maximum absolute atomic E-state index is 12.2. The monoisotopic (exact) mass is 411 g/mol. The quantitative estimate of drug-likeness (QED) is 0.294. The third-order valence-electron chi connectivity index (χ3n) is 4.76. The molecule has 0 aromatic heterocycles. The third-order valence-corrected chi connectivity index (χ3v) is 4.76. The molecule has 3 rings (SSSR count). The molecule has 0 radical (unpaired) electrons. The van der Waals surface area contributed by atoms with Crippen LogP contribution in [0.3, 0.4) is 0 Å². The number of nitro benzene ring substituents is 1. The molecule has 1 heterocycles. The number of fused-ring (bicyclic) bond motifs is 1. The highest BCUT2D eigenvalue weighted by Crippen LogP contribution is 2.33. The van der Waals surface area contributed by atoms with Crippen molar-refractivity contribution in [2.75, 3.05) is 31.3 Å². The lowest BCUT2D eigenvalue weighted by atomic mass is 10.1. The molecule has 0 saturated heterocycles. The zero-order valence-electron chi connectivity index (χ0n) is 16.9. The molecule has 1 N–H and O–H groups in total. The van der Waals surface area contributed by atoms with Gasteiger partial charge in [-0.2, -0.15) is 0 Å². The fraction of sp³-hybridized carbons (Fsp3) is 0.318. The first kappa shape index (κ1) is 21.3. The second-order valence-electron chi connectivity index (χ2n) is 6.78. The standard InChI is InChI=1S/C22H25N3O5/c1-2-24(19-7-4-3-5-8-19)12-6-11-23-21(26)10-9-17-13-20(25(27)28)14-18-15-29-16-30-22(17)18/h3-5,7-10,13-14H,2,6,11-12,15-16H2,1H3,(H,23,26)/b10-9+. The summed E-state index contributed by atoms with van der Waals surface area (Å²) >= 11 is 0. The molecule has 1 aliphatic rings. The molecule has 0 atom stereocenters. The smallest absolute Gasteiger partial charge is 0.270 e. The number of hydrogen-bond acceptors (Lipinski definition) is 6. The number of amides is 1. The van der Waals surface area contributed by atoms with E-state index in [0.29, 0.717) is 23.4 Å². The lowest BCUT2D eigenvalue weighted by molar-refractivity contribution is -0.385. The van der Waals surface area contributed by atoms with E-state index in [0.717, 1.165) is 25.2 Å². The topological polar surface area (TPSA) is 93.9 Å². The van der Waals surface area contributed by atoms with Crippen LogP contribution >= 0.6 is 0 Å². The molecule has 0 spiro atoms. The molecule has 0 bridgehead atoms. The molecule has 158 valence electrons. The van der Waals surface area contributed by atoms with Crippen LogP contribution in [0, 0.1) is 10.1 Å². The van der Waals surface area contributed by atoms with Gasteiger partial charge in [0.15, 0.2) is 6.79 Å². The van der Waals surface area contributed by atoms with E-state index in [1.807, 2.05) is 18.2 Å². The van der Waals surface area contributed by atoms with Gasteiger partial charge in [-0.1, -0.05) is 18.2 Å². The molecule has 0 saturated carbocycles. The lowest BCUT2D eigenvalue weighted by Crippen LogP contribution is -2.29. The van der Waals surface area contributed by atoms with Crippen molar-refractivity contribution < 1.29 is 19.2 Å². The van der Waals surface area contributed by atoms with Crippen LogP contribution in [0.15, 0.2) is 48.5 Å². The second kappa shape index (κ2) is 10.4. The van der Waals surface area contributed by atoms with E-state index < -0.39 is 4.92 Å². The minimum atomic E-state index is -0.474. The summed E-state index contributed by atoms with van der Waals surface area (Å²) < 4.78 is 10.7. The number of carbonyl (C=O) groups is 1. The summed E-state index contributed by atoms with van der Waals surface area (Å²) in [5.41, 5.74) is 2.17. The van der Waals surface area contributed by atoms with Gasteiger partial charge >= 0.3 is 0 Å². The van der Waals surface area contributed by atoms with Crippen molar-refractivity contribution >= 4 is 23.4 Å². The van der Waals surface area contributed by atoms with Gasteiger partial charge in [0.1, 0.15) is 5.75 Å². The number of non-ortho nitro benzene ring substituents is 1. The Labute approximate surface area is 175 Å². The van der Waals surface area contributed by atoms with Crippen LogP contribution < -0.4 is 15.0 Å². The Kier molecular flexibility index (Phi) is 7.40. The van der Waals surface area contributed by atoms with Gasteiger partial charge in [-0.3, -0.25) is 14.9 Å². The number of ether oxygens (including phenoxy) is 2. The van der Waals surface area contributed by atoms with Gasteiger partial charge in [0.2, 0.25) is 5.91 Å². The number of nitro groups is 1. The summed E-state index contributed by atoms with van der Waals surface area (Å²) in [7, 11) is 0. The number of benzene rings is 2. The molecule has 30 heavy (non-hydrogen) atoms. The van der Waals surface area contributed by atoms with Crippen LogP contribution in [0.5, 0.6) is 5.75 Å². The van der Waals surface area contributed by atoms with E-state index >= 15 is 0 Å². The predicted octanol–water partition coefficient (Wildman–Crippen LogP) is 3.51. The fourth-order valence-electron chi connectivity index (χ4n) is 3.28. The van der Waals surface area contributed by atoms with Crippen molar-refractivity contribution in [3.8, 4) is 5.75 Å². The second-order valence-corrected chi connectivity index (χ2v) is 6.78. The Morgan fingerprint density at radius 1 is 1.30 bits per heavy atom. The Hall–Kier alpha value is -3.39. The van der Waals surface area contributed by atoms with Crippen molar-refractivity contribution in [2.45, 2.75) is 20.0 Å². The van der Waals surface area contributed by atoms with Gasteiger partial charge in [0, 0.05) is 54.7 Å². The maximum Gasteiger partial charge on any atom is 0.270 e. The first-order valence-electron chi connectivity index (χ1n) is 9.86. The van der Waals surface area contributed by atoms with E-state index in [2.05, 4.69) is 29.3 Å². The Morgan fingerprint density at radius 3 is 2.83 bits per heavy atom. The van der Waals surface area contributed by atoms with Crippen LogP contribution in [0.1, 0.15) is 24.5 Å². The molecule has 2 aromatic carbocycles. The number of nitrogens with one attached hydrogen (secondary N) is 1. The van der Waals surface area contributed by atoms with Crippen LogP contribution in [0.2, 0.25) is 0 Å². The minimum Gasteiger partial charge on any atom is -0.467 e. The highest BCUT2D eigenvalue weighted by atomic mass is 16.7. The predicted molar refractivity (Wildman–Crippen MR) is 114 cm³/mol. The molecule has 0 unspecified atom stereocenters. The van der Waals surface area contributed by atoms with Gasteiger partial charge in [-0.25, -0.2) is 0 Å². The molecule has 1 amide bonds. The Morgan fingerprint density at radius 2 is 2.10 bits per heavy atom. The summed E-state index contributed by atoms with van der Waals surface area (Å²) in [4.78, 5) is 25.1. The SMILES string of the molecule is CCN(CCCNC(=O)/C=C/c1cc([N+](=O)[O-])cc2c1OCOC2)c1ccccc1. The van der Waals surface area contributed by atoms with E-state index in [9.17, 15) is 14.9 Å². The summed E-state index contributed by atoms with van der Waals surface area (Å²) in [6.07, 6.45) is 3.71. The number of nitrogens with zero attached hydrogens (tertiary/aromatic N) is 2. The summed E-state index contributed by atoms with van der Waals surface area (Å²) in [5.74, 6) is 0.252. The van der Waals surface area contributed by atoms with E-state index in [1.165, 1.54) is 24.3 Å². The van der Waals surface area contributed by atoms with Crippen LogP contribution in [0.25, 0.3) is 6.08 Å². The summed E-state index contributed by atoms with van der Waals surface area (Å²) in [6, 6.07) is 13.0. The zero-order valence-corrected chi connectivity index (χ0v) is 16.9. The average Bonchev–Trinajstić information content (AvgIpc) is 2.77. The van der Waals surface area contributed by atoms with Crippen LogP contribution in [0.4, 0.5) is 11.4 Å². The van der Waals surface area contributed by atoms with E-state index in [-0.39, 0.29) is 25.0 Å². The Bertz CT molecular complexity index is 914. The molecular weight excluding hydrogens is 386 g/mol. The van der Waals surface area contributed by atoms with Gasteiger partial charge in [-0.15, -0.1) is 0 Å². The van der Waals surface area contributed by atoms with Gasteiger partial charge in [-0.05, 0) is 31.6 Å². The lowest BCUT2D eigenvalue weighted by Gasteiger charge is -2.23. The zero-order chi connectivity index (χ0) is 21.3. The first-order valence-corrected chi connectivity index (χ1v) is 9.86. The molecule has 2 aromatic rings. The number of para-hydroxylation sites is 1. The average molecular weight is 411 g/mol.